The van der Waals surface area contributed by atoms with Gasteiger partial charge in [0, 0.05) is 13.0 Å². The van der Waals surface area contributed by atoms with Crippen molar-refractivity contribution in [2.24, 2.45) is 0 Å². The molecule has 0 saturated heterocycles. The summed E-state index contributed by atoms with van der Waals surface area (Å²) >= 11 is 0. The van der Waals surface area contributed by atoms with Crippen LogP contribution in [0.1, 0.15) is 33.1 Å². The van der Waals surface area contributed by atoms with Gasteiger partial charge in [0.2, 0.25) is 0 Å². The second-order valence-electron chi connectivity index (χ2n) is 3.66. The van der Waals surface area contributed by atoms with Crippen LogP contribution >= 0.6 is 0 Å². The van der Waals surface area contributed by atoms with Crippen LogP contribution in [0.5, 0.6) is 0 Å². The summed E-state index contributed by atoms with van der Waals surface area (Å²) in [5, 5.41) is 0. The third-order valence-corrected chi connectivity index (χ3v) is 2.19. The highest BCUT2D eigenvalue weighted by molar-refractivity contribution is 5.82. The molecule has 0 amide bonds. The Morgan fingerprint density at radius 1 is 1.40 bits per heavy atom. The molecule has 0 heterocycles. The van der Waals surface area contributed by atoms with E-state index in [1.165, 1.54) is 19.1 Å². The van der Waals surface area contributed by atoms with Crippen molar-refractivity contribution in [3.8, 4) is 0 Å². The van der Waals surface area contributed by atoms with Gasteiger partial charge in [-0.1, -0.05) is 0 Å². The van der Waals surface area contributed by atoms with E-state index in [1.807, 2.05) is 0 Å². The summed E-state index contributed by atoms with van der Waals surface area (Å²) in [7, 11) is 0. The molecule has 0 bridgehead atoms. The summed E-state index contributed by atoms with van der Waals surface area (Å²) < 4.78 is 9.89. The van der Waals surface area contributed by atoms with E-state index in [-0.39, 0.29) is 18.0 Å². The highest BCUT2D eigenvalue weighted by Gasteiger charge is 2.20. The predicted octanol–water partition coefficient (Wildman–Crippen LogP) is 1.59. The molecular formula is C11H16O4. The molecule has 15 heavy (non-hydrogen) atoms. The smallest absolute Gasteiger partial charge is 0.330 e. The van der Waals surface area contributed by atoms with Gasteiger partial charge in [-0.25, -0.2) is 4.79 Å². The number of rotatable bonds is 4. The molecule has 1 rings (SSSR count). The minimum Gasteiger partial charge on any atom is -0.459 e. The van der Waals surface area contributed by atoms with Crippen LogP contribution in [0.2, 0.25) is 0 Å². The first-order valence-electron chi connectivity index (χ1n) is 5.14. The quantitative estimate of drug-likeness (QED) is 0.524. The van der Waals surface area contributed by atoms with Crippen molar-refractivity contribution in [1.82, 2.24) is 0 Å². The Morgan fingerprint density at radius 2 is 2.07 bits per heavy atom. The van der Waals surface area contributed by atoms with E-state index in [0.29, 0.717) is 0 Å². The number of carbonyl (C=O) groups excluding carboxylic acids is 2. The first-order chi connectivity index (χ1) is 7.08. The zero-order valence-electron chi connectivity index (χ0n) is 9.06. The Labute approximate surface area is 89.2 Å². The van der Waals surface area contributed by atoms with Gasteiger partial charge in [-0.2, -0.15) is 0 Å². The van der Waals surface area contributed by atoms with Gasteiger partial charge in [0.25, 0.3) is 0 Å². The largest absolute Gasteiger partial charge is 0.459 e. The van der Waals surface area contributed by atoms with Gasteiger partial charge in [-0.15, -0.1) is 0 Å². The van der Waals surface area contributed by atoms with Gasteiger partial charge < -0.3 is 9.47 Å². The van der Waals surface area contributed by atoms with Gasteiger partial charge in [-0.05, 0) is 32.3 Å². The minimum atomic E-state index is -0.392. The topological polar surface area (TPSA) is 52.6 Å². The minimum absolute atomic E-state index is 0.0891. The summed E-state index contributed by atoms with van der Waals surface area (Å²) in [4.78, 5) is 21.7. The van der Waals surface area contributed by atoms with Crippen molar-refractivity contribution in [3.05, 3.63) is 12.2 Å². The van der Waals surface area contributed by atoms with Gasteiger partial charge in [0.15, 0.2) is 0 Å². The third kappa shape index (κ3) is 4.63. The normalized spacial score (nSPS) is 18.3. The van der Waals surface area contributed by atoms with Crippen LogP contribution in [0.3, 0.4) is 0 Å². The summed E-state index contributed by atoms with van der Waals surface area (Å²) in [6.45, 7) is 3.02. The Kier molecular flexibility index (Phi) is 4.34. The van der Waals surface area contributed by atoms with Crippen LogP contribution in [0.15, 0.2) is 12.2 Å². The highest BCUT2D eigenvalue weighted by Crippen LogP contribution is 2.21. The zero-order valence-corrected chi connectivity index (χ0v) is 9.06. The van der Waals surface area contributed by atoms with Crippen molar-refractivity contribution in [3.63, 3.8) is 0 Å². The lowest BCUT2D eigenvalue weighted by Crippen LogP contribution is -2.24. The second-order valence-corrected chi connectivity index (χ2v) is 3.66. The Bertz CT molecular complexity index is 266. The molecule has 0 aromatic heterocycles. The van der Waals surface area contributed by atoms with E-state index < -0.39 is 6.10 Å². The SMILES string of the molecule is CC(=O)OC(C)/C=C/C(=O)OC1CCC1. The fourth-order valence-electron chi connectivity index (χ4n) is 1.21. The molecule has 4 heteroatoms. The Balaban J connectivity index is 2.22. The first-order valence-corrected chi connectivity index (χ1v) is 5.14. The summed E-state index contributed by atoms with van der Waals surface area (Å²) in [5.41, 5.74) is 0. The molecule has 1 fully saturated rings. The lowest BCUT2D eigenvalue weighted by molar-refractivity contribution is -0.147. The fourth-order valence-corrected chi connectivity index (χ4v) is 1.21. The molecule has 1 saturated carbocycles. The summed E-state index contributed by atoms with van der Waals surface area (Å²) in [6.07, 6.45) is 5.57. The molecule has 0 aromatic carbocycles. The van der Waals surface area contributed by atoms with Crippen molar-refractivity contribution < 1.29 is 19.1 Å². The maximum atomic E-state index is 11.2. The van der Waals surface area contributed by atoms with Crippen LogP contribution < -0.4 is 0 Å². The average molecular weight is 212 g/mol. The average Bonchev–Trinajstić information content (AvgIpc) is 2.07. The number of carbonyl (C=O) groups is 2. The van der Waals surface area contributed by atoms with E-state index in [2.05, 4.69) is 0 Å². The fraction of sp³-hybridized carbons (Fsp3) is 0.636. The van der Waals surface area contributed by atoms with Crippen LogP contribution in [0.25, 0.3) is 0 Å². The maximum absolute atomic E-state index is 11.2. The van der Waals surface area contributed by atoms with Crippen LogP contribution in [-0.4, -0.2) is 24.1 Å². The third-order valence-electron chi connectivity index (χ3n) is 2.19. The first kappa shape index (κ1) is 11.8. The molecule has 0 radical (unpaired) electrons. The molecule has 1 atom stereocenters. The molecule has 0 aromatic rings. The monoisotopic (exact) mass is 212 g/mol. The standard InChI is InChI=1S/C11H16O4/c1-8(14-9(2)12)6-7-11(13)15-10-4-3-5-10/h6-8,10H,3-5H2,1-2H3/b7-6+. The van der Waals surface area contributed by atoms with E-state index in [4.69, 9.17) is 9.47 Å². The van der Waals surface area contributed by atoms with Crippen molar-refractivity contribution in [2.45, 2.75) is 45.3 Å². The lowest BCUT2D eigenvalue weighted by atomic mass is 9.96. The number of ether oxygens (including phenoxy) is 2. The van der Waals surface area contributed by atoms with Gasteiger partial charge in [0.1, 0.15) is 12.2 Å². The van der Waals surface area contributed by atoms with E-state index in [1.54, 1.807) is 6.92 Å². The molecule has 0 spiro atoms. The summed E-state index contributed by atoms with van der Waals surface area (Å²) in [6, 6.07) is 0. The second kappa shape index (κ2) is 5.53. The van der Waals surface area contributed by atoms with Gasteiger partial charge >= 0.3 is 11.9 Å². The van der Waals surface area contributed by atoms with Crippen LogP contribution in [0.4, 0.5) is 0 Å². The van der Waals surface area contributed by atoms with E-state index in [9.17, 15) is 9.59 Å². The lowest BCUT2D eigenvalue weighted by Gasteiger charge is -2.24. The molecular weight excluding hydrogens is 196 g/mol. The Morgan fingerprint density at radius 3 is 2.53 bits per heavy atom. The van der Waals surface area contributed by atoms with E-state index in [0.717, 1.165) is 19.3 Å². The number of esters is 2. The molecule has 0 N–H and O–H groups in total. The van der Waals surface area contributed by atoms with Crippen molar-refractivity contribution in [1.29, 1.82) is 0 Å². The van der Waals surface area contributed by atoms with Crippen LogP contribution in [0, 0.1) is 0 Å². The number of hydrogen-bond acceptors (Lipinski definition) is 4. The number of hydrogen-bond donors (Lipinski definition) is 0. The Hall–Kier alpha value is -1.32. The molecule has 0 aliphatic heterocycles. The van der Waals surface area contributed by atoms with E-state index >= 15 is 0 Å². The maximum Gasteiger partial charge on any atom is 0.330 e. The highest BCUT2D eigenvalue weighted by atomic mass is 16.5. The van der Waals surface area contributed by atoms with Gasteiger partial charge in [0.05, 0.1) is 0 Å². The molecule has 1 unspecified atom stereocenters. The summed E-state index contributed by atoms with van der Waals surface area (Å²) in [5.74, 6) is -0.724. The van der Waals surface area contributed by atoms with Gasteiger partial charge in [-0.3, -0.25) is 4.79 Å². The molecule has 1 aliphatic rings. The molecule has 1 aliphatic carbocycles. The molecule has 84 valence electrons. The van der Waals surface area contributed by atoms with Crippen molar-refractivity contribution >= 4 is 11.9 Å². The predicted molar refractivity (Wildman–Crippen MR) is 54.1 cm³/mol. The van der Waals surface area contributed by atoms with Crippen LogP contribution in [-0.2, 0) is 19.1 Å². The molecule has 4 nitrogen and oxygen atoms in total. The zero-order chi connectivity index (χ0) is 11.3. The van der Waals surface area contributed by atoms with Crippen molar-refractivity contribution in [2.75, 3.05) is 0 Å².